The highest BCUT2D eigenvalue weighted by molar-refractivity contribution is 5.33. The molecule has 0 aromatic heterocycles. The van der Waals surface area contributed by atoms with Gasteiger partial charge in [-0.1, -0.05) is 6.07 Å². The van der Waals surface area contributed by atoms with E-state index < -0.39 is 0 Å². The highest BCUT2D eigenvalue weighted by Gasteiger charge is 2.13. The van der Waals surface area contributed by atoms with Crippen molar-refractivity contribution in [1.29, 1.82) is 0 Å². The zero-order valence-corrected chi connectivity index (χ0v) is 10.4. The molecular weight excluding hydrogens is 214 g/mol. The van der Waals surface area contributed by atoms with Gasteiger partial charge in [-0.2, -0.15) is 0 Å². The standard InChI is InChI=1S/C14H21NO2/c1-2-16-13-5-3-6-14(11-13)17-12-7-4-9-15-10-8-12/h3,5-6,11-12,15H,2,4,7-10H2,1H3. The Kier molecular flexibility index (Phi) is 4.68. The molecule has 0 bridgehead atoms. The molecule has 0 aliphatic carbocycles. The number of ether oxygens (including phenoxy) is 2. The maximum atomic E-state index is 6.00. The first-order valence-corrected chi connectivity index (χ1v) is 6.48. The van der Waals surface area contributed by atoms with Crippen LogP contribution in [0.4, 0.5) is 0 Å². The lowest BCUT2D eigenvalue weighted by Crippen LogP contribution is -2.19. The Hall–Kier alpha value is -1.22. The van der Waals surface area contributed by atoms with Crippen molar-refractivity contribution in [3.8, 4) is 11.5 Å². The van der Waals surface area contributed by atoms with Crippen molar-refractivity contribution in [3.05, 3.63) is 24.3 Å². The number of nitrogens with one attached hydrogen (secondary N) is 1. The Balaban J connectivity index is 1.94. The van der Waals surface area contributed by atoms with Crippen LogP contribution in [0.2, 0.25) is 0 Å². The number of hydrogen-bond donors (Lipinski definition) is 1. The molecule has 17 heavy (non-hydrogen) atoms. The summed E-state index contributed by atoms with van der Waals surface area (Å²) in [5.74, 6) is 1.81. The highest BCUT2D eigenvalue weighted by Crippen LogP contribution is 2.22. The van der Waals surface area contributed by atoms with E-state index in [1.165, 1.54) is 6.42 Å². The van der Waals surface area contributed by atoms with E-state index in [1.54, 1.807) is 0 Å². The van der Waals surface area contributed by atoms with Crippen molar-refractivity contribution in [3.63, 3.8) is 0 Å². The average molecular weight is 235 g/mol. The van der Waals surface area contributed by atoms with Crippen molar-refractivity contribution in [2.75, 3.05) is 19.7 Å². The van der Waals surface area contributed by atoms with Crippen molar-refractivity contribution in [2.24, 2.45) is 0 Å². The van der Waals surface area contributed by atoms with E-state index in [9.17, 15) is 0 Å². The van der Waals surface area contributed by atoms with E-state index in [4.69, 9.17) is 9.47 Å². The zero-order chi connectivity index (χ0) is 11.9. The Bertz CT molecular complexity index is 333. The molecule has 1 aromatic rings. The van der Waals surface area contributed by atoms with Gasteiger partial charge in [0.1, 0.15) is 11.5 Å². The van der Waals surface area contributed by atoms with Gasteiger partial charge in [0.25, 0.3) is 0 Å². The Morgan fingerprint density at radius 1 is 1.24 bits per heavy atom. The van der Waals surface area contributed by atoms with Gasteiger partial charge in [0, 0.05) is 6.07 Å². The molecule has 1 heterocycles. The predicted octanol–water partition coefficient (Wildman–Crippen LogP) is 2.61. The third-order valence-corrected chi connectivity index (χ3v) is 2.94. The molecule has 1 aliphatic heterocycles. The molecule has 3 heteroatoms. The lowest BCUT2D eigenvalue weighted by Gasteiger charge is -2.17. The van der Waals surface area contributed by atoms with Gasteiger partial charge in [-0.05, 0) is 51.4 Å². The topological polar surface area (TPSA) is 30.5 Å². The molecule has 0 spiro atoms. The molecule has 1 unspecified atom stereocenters. The fraction of sp³-hybridized carbons (Fsp3) is 0.571. The molecule has 94 valence electrons. The second-order valence-corrected chi connectivity index (χ2v) is 4.33. The van der Waals surface area contributed by atoms with E-state index in [2.05, 4.69) is 5.32 Å². The molecule has 1 atom stereocenters. The van der Waals surface area contributed by atoms with Crippen LogP contribution in [0.1, 0.15) is 26.2 Å². The molecule has 0 amide bonds. The summed E-state index contributed by atoms with van der Waals surface area (Å²) in [6.07, 6.45) is 3.74. The van der Waals surface area contributed by atoms with Crippen LogP contribution in [0.3, 0.4) is 0 Å². The minimum atomic E-state index is 0.335. The quantitative estimate of drug-likeness (QED) is 0.870. The van der Waals surface area contributed by atoms with Crippen LogP contribution in [-0.4, -0.2) is 25.8 Å². The molecule has 1 aliphatic rings. The van der Waals surface area contributed by atoms with Crippen LogP contribution in [-0.2, 0) is 0 Å². The van der Waals surface area contributed by atoms with Crippen molar-refractivity contribution in [1.82, 2.24) is 5.32 Å². The van der Waals surface area contributed by atoms with Gasteiger partial charge in [-0.25, -0.2) is 0 Å². The van der Waals surface area contributed by atoms with E-state index in [0.717, 1.165) is 37.4 Å². The molecule has 1 saturated heterocycles. The van der Waals surface area contributed by atoms with Gasteiger partial charge in [-0.15, -0.1) is 0 Å². The second kappa shape index (κ2) is 6.50. The van der Waals surface area contributed by atoms with Gasteiger partial charge in [-0.3, -0.25) is 0 Å². The van der Waals surface area contributed by atoms with Crippen LogP contribution in [0.5, 0.6) is 11.5 Å². The molecule has 1 fully saturated rings. The Morgan fingerprint density at radius 3 is 3.00 bits per heavy atom. The van der Waals surface area contributed by atoms with Crippen LogP contribution in [0.15, 0.2) is 24.3 Å². The van der Waals surface area contributed by atoms with E-state index >= 15 is 0 Å². The largest absolute Gasteiger partial charge is 0.494 e. The van der Waals surface area contributed by atoms with Crippen LogP contribution in [0, 0.1) is 0 Å². The van der Waals surface area contributed by atoms with Gasteiger partial charge in [0.2, 0.25) is 0 Å². The fourth-order valence-electron chi connectivity index (χ4n) is 2.10. The minimum absolute atomic E-state index is 0.335. The maximum absolute atomic E-state index is 6.00. The maximum Gasteiger partial charge on any atom is 0.123 e. The van der Waals surface area contributed by atoms with Crippen LogP contribution < -0.4 is 14.8 Å². The Morgan fingerprint density at radius 2 is 2.12 bits per heavy atom. The van der Waals surface area contributed by atoms with E-state index in [0.29, 0.717) is 12.7 Å². The smallest absolute Gasteiger partial charge is 0.123 e. The summed E-state index contributed by atoms with van der Waals surface area (Å²) in [4.78, 5) is 0. The van der Waals surface area contributed by atoms with Crippen LogP contribution in [0.25, 0.3) is 0 Å². The molecular formula is C14H21NO2. The highest BCUT2D eigenvalue weighted by atomic mass is 16.5. The van der Waals surface area contributed by atoms with Gasteiger partial charge in [0.05, 0.1) is 12.7 Å². The zero-order valence-electron chi connectivity index (χ0n) is 10.4. The second-order valence-electron chi connectivity index (χ2n) is 4.33. The molecule has 0 saturated carbocycles. The fourth-order valence-corrected chi connectivity index (χ4v) is 2.10. The summed E-state index contributed by atoms with van der Waals surface area (Å²) < 4.78 is 11.5. The van der Waals surface area contributed by atoms with E-state index in [-0.39, 0.29) is 0 Å². The average Bonchev–Trinajstić information content (AvgIpc) is 2.59. The normalized spacial score (nSPS) is 20.6. The first-order chi connectivity index (χ1) is 8.38. The third kappa shape index (κ3) is 3.93. The molecule has 1 aromatic carbocycles. The third-order valence-electron chi connectivity index (χ3n) is 2.94. The van der Waals surface area contributed by atoms with Crippen molar-refractivity contribution in [2.45, 2.75) is 32.3 Å². The van der Waals surface area contributed by atoms with Gasteiger partial charge >= 0.3 is 0 Å². The first-order valence-electron chi connectivity index (χ1n) is 6.48. The summed E-state index contributed by atoms with van der Waals surface area (Å²) in [5, 5.41) is 3.39. The molecule has 1 N–H and O–H groups in total. The first kappa shape index (κ1) is 12.2. The summed E-state index contributed by atoms with van der Waals surface area (Å²) in [6.45, 7) is 4.84. The van der Waals surface area contributed by atoms with Crippen molar-refractivity contribution >= 4 is 0 Å². The summed E-state index contributed by atoms with van der Waals surface area (Å²) in [5.41, 5.74) is 0. The minimum Gasteiger partial charge on any atom is -0.494 e. The van der Waals surface area contributed by atoms with Gasteiger partial charge in [0.15, 0.2) is 0 Å². The number of rotatable bonds is 4. The monoisotopic (exact) mass is 235 g/mol. The number of hydrogen-bond acceptors (Lipinski definition) is 3. The van der Waals surface area contributed by atoms with E-state index in [1.807, 2.05) is 31.2 Å². The lowest BCUT2D eigenvalue weighted by atomic mass is 10.1. The predicted molar refractivity (Wildman–Crippen MR) is 68.7 cm³/mol. The summed E-state index contributed by atoms with van der Waals surface area (Å²) in [7, 11) is 0. The summed E-state index contributed by atoms with van der Waals surface area (Å²) >= 11 is 0. The summed E-state index contributed by atoms with van der Waals surface area (Å²) in [6, 6.07) is 7.92. The molecule has 0 radical (unpaired) electrons. The Labute approximate surface area is 103 Å². The molecule has 3 nitrogen and oxygen atoms in total. The van der Waals surface area contributed by atoms with Crippen LogP contribution >= 0.6 is 0 Å². The lowest BCUT2D eigenvalue weighted by molar-refractivity contribution is 0.186. The SMILES string of the molecule is CCOc1cccc(OC2CCCNCC2)c1. The van der Waals surface area contributed by atoms with Gasteiger partial charge < -0.3 is 14.8 Å². The van der Waals surface area contributed by atoms with Crippen molar-refractivity contribution < 1.29 is 9.47 Å². The number of benzene rings is 1. The molecule has 2 rings (SSSR count).